The molecule has 0 amide bonds. The van der Waals surface area contributed by atoms with Crippen molar-refractivity contribution in [2.75, 3.05) is 5.32 Å². The number of aromatic nitrogens is 3. The summed E-state index contributed by atoms with van der Waals surface area (Å²) in [6, 6.07) is 9.50. The molecule has 2 N–H and O–H groups in total. The molecule has 0 spiro atoms. The van der Waals surface area contributed by atoms with E-state index < -0.39 is 0 Å². The molecule has 2 aromatic heterocycles. The molecule has 0 aliphatic carbocycles. The van der Waals surface area contributed by atoms with Crippen molar-refractivity contribution in [3.05, 3.63) is 56.1 Å². The minimum Gasteiger partial charge on any atom is -0.324 e. The van der Waals surface area contributed by atoms with Crippen LogP contribution in [0.25, 0.3) is 10.6 Å². The van der Waals surface area contributed by atoms with E-state index in [4.69, 9.17) is 0 Å². The molecule has 0 bridgehead atoms. The fourth-order valence-electron chi connectivity index (χ4n) is 1.83. The first-order valence-electron chi connectivity index (χ1n) is 6.17. The van der Waals surface area contributed by atoms with Gasteiger partial charge in [0.15, 0.2) is 5.69 Å². The summed E-state index contributed by atoms with van der Waals surface area (Å²) >= 11 is 4.90. The van der Waals surface area contributed by atoms with Crippen molar-refractivity contribution in [3.63, 3.8) is 0 Å². The lowest BCUT2D eigenvalue weighted by Crippen LogP contribution is -2.15. The molecular formula is C14H11BrN4OS. The predicted octanol–water partition coefficient (Wildman–Crippen LogP) is 3.71. The van der Waals surface area contributed by atoms with E-state index >= 15 is 0 Å². The molecule has 2 heterocycles. The number of aryl methyl sites for hydroxylation is 1. The van der Waals surface area contributed by atoms with Crippen LogP contribution in [0.15, 0.2) is 45.0 Å². The third kappa shape index (κ3) is 3.03. The Kier molecular flexibility index (Phi) is 3.85. The highest BCUT2D eigenvalue weighted by molar-refractivity contribution is 9.10. The second kappa shape index (κ2) is 5.79. The number of rotatable bonds is 3. The van der Waals surface area contributed by atoms with Crippen molar-refractivity contribution in [1.29, 1.82) is 0 Å². The third-order valence-electron chi connectivity index (χ3n) is 2.87. The van der Waals surface area contributed by atoms with Gasteiger partial charge in [-0.1, -0.05) is 22.0 Å². The number of hydrogen-bond donors (Lipinski definition) is 2. The zero-order valence-corrected chi connectivity index (χ0v) is 13.5. The first kappa shape index (κ1) is 14.0. The van der Waals surface area contributed by atoms with Crippen molar-refractivity contribution in [2.24, 2.45) is 0 Å². The van der Waals surface area contributed by atoms with Crippen LogP contribution < -0.4 is 10.9 Å². The second-order valence-electron chi connectivity index (χ2n) is 4.42. The molecule has 3 aromatic rings. The Bertz CT molecular complexity index is 829. The second-order valence-corrected chi connectivity index (χ2v) is 6.22. The Morgan fingerprint density at radius 2 is 2.14 bits per heavy atom. The maximum absolute atomic E-state index is 12.1. The van der Waals surface area contributed by atoms with Gasteiger partial charge in [0.2, 0.25) is 5.95 Å². The van der Waals surface area contributed by atoms with E-state index in [2.05, 4.69) is 36.4 Å². The van der Waals surface area contributed by atoms with E-state index in [1.807, 2.05) is 42.6 Å². The van der Waals surface area contributed by atoms with Crippen LogP contribution in [0.2, 0.25) is 0 Å². The molecule has 0 aliphatic heterocycles. The zero-order chi connectivity index (χ0) is 14.8. The summed E-state index contributed by atoms with van der Waals surface area (Å²) in [6.07, 6.45) is 0. The van der Waals surface area contributed by atoms with Gasteiger partial charge in [0.1, 0.15) is 0 Å². The summed E-state index contributed by atoms with van der Waals surface area (Å²) in [6.45, 7) is 1.99. The van der Waals surface area contributed by atoms with Gasteiger partial charge in [0.25, 0.3) is 5.56 Å². The van der Waals surface area contributed by atoms with E-state index in [0.29, 0.717) is 11.6 Å². The summed E-state index contributed by atoms with van der Waals surface area (Å²) in [7, 11) is 0. The average molecular weight is 363 g/mol. The Morgan fingerprint density at radius 3 is 2.81 bits per heavy atom. The lowest BCUT2D eigenvalue weighted by molar-refractivity contribution is 0.964. The van der Waals surface area contributed by atoms with Gasteiger partial charge < -0.3 is 5.32 Å². The molecule has 5 nitrogen and oxygen atoms in total. The largest absolute Gasteiger partial charge is 0.324 e. The molecule has 0 unspecified atom stereocenters. The first-order chi connectivity index (χ1) is 10.1. The summed E-state index contributed by atoms with van der Waals surface area (Å²) in [5.41, 5.74) is 2.00. The van der Waals surface area contributed by atoms with Gasteiger partial charge in [-0.25, -0.2) is 0 Å². The molecule has 1 aromatic carbocycles. The molecule has 0 radical (unpaired) electrons. The number of thiophene rings is 1. The fourth-order valence-corrected chi connectivity index (χ4v) is 2.78. The van der Waals surface area contributed by atoms with E-state index in [0.717, 1.165) is 20.6 Å². The highest BCUT2D eigenvalue weighted by Gasteiger charge is 2.08. The van der Waals surface area contributed by atoms with E-state index in [1.165, 1.54) is 11.3 Å². The van der Waals surface area contributed by atoms with Gasteiger partial charge in [-0.05, 0) is 42.1 Å². The number of H-pyrrole nitrogens is 1. The summed E-state index contributed by atoms with van der Waals surface area (Å²) in [5.74, 6) is 0.321. The van der Waals surface area contributed by atoms with Gasteiger partial charge in [-0.3, -0.25) is 9.78 Å². The fraction of sp³-hybridized carbons (Fsp3) is 0.0714. The van der Waals surface area contributed by atoms with Gasteiger partial charge in [-0.15, -0.1) is 21.5 Å². The van der Waals surface area contributed by atoms with Crippen molar-refractivity contribution in [2.45, 2.75) is 6.92 Å². The van der Waals surface area contributed by atoms with Crippen molar-refractivity contribution in [3.8, 4) is 10.6 Å². The Morgan fingerprint density at radius 1 is 1.29 bits per heavy atom. The van der Waals surface area contributed by atoms with Crippen LogP contribution in [-0.2, 0) is 0 Å². The van der Waals surface area contributed by atoms with E-state index in [9.17, 15) is 4.79 Å². The van der Waals surface area contributed by atoms with Gasteiger partial charge in [0.05, 0.1) is 4.88 Å². The molecule has 0 atom stereocenters. The highest BCUT2D eigenvalue weighted by Crippen LogP contribution is 2.22. The lowest BCUT2D eigenvalue weighted by Gasteiger charge is -2.06. The summed E-state index contributed by atoms with van der Waals surface area (Å²) in [5, 5.41) is 13.0. The number of aromatic amines is 1. The number of benzene rings is 1. The number of halogens is 1. The van der Waals surface area contributed by atoms with Crippen LogP contribution in [0.5, 0.6) is 0 Å². The maximum Gasteiger partial charge on any atom is 0.280 e. The van der Waals surface area contributed by atoms with Crippen LogP contribution in [-0.4, -0.2) is 15.2 Å². The van der Waals surface area contributed by atoms with Crippen LogP contribution in [0, 0.1) is 6.92 Å². The van der Waals surface area contributed by atoms with Crippen LogP contribution in [0.1, 0.15) is 5.56 Å². The molecule has 0 fully saturated rings. The Balaban J connectivity index is 1.89. The van der Waals surface area contributed by atoms with Crippen LogP contribution in [0.4, 0.5) is 11.6 Å². The molecule has 0 saturated carbocycles. The maximum atomic E-state index is 12.1. The lowest BCUT2D eigenvalue weighted by atomic mass is 10.2. The predicted molar refractivity (Wildman–Crippen MR) is 88.1 cm³/mol. The minimum atomic E-state index is -0.260. The van der Waals surface area contributed by atoms with Crippen LogP contribution >= 0.6 is 27.3 Å². The van der Waals surface area contributed by atoms with Crippen molar-refractivity contribution in [1.82, 2.24) is 15.2 Å². The highest BCUT2D eigenvalue weighted by atomic mass is 79.9. The monoisotopic (exact) mass is 362 g/mol. The van der Waals surface area contributed by atoms with Gasteiger partial charge >= 0.3 is 0 Å². The van der Waals surface area contributed by atoms with Gasteiger partial charge in [0, 0.05) is 10.2 Å². The molecule has 0 aliphatic rings. The number of nitrogens with one attached hydrogen (secondary N) is 2. The molecular weight excluding hydrogens is 352 g/mol. The van der Waals surface area contributed by atoms with Gasteiger partial charge in [-0.2, -0.15) is 0 Å². The standard InChI is InChI=1S/C14H11BrN4OS/c1-8-7-9(4-5-10(8)15)16-14-17-13(20)12(18-19-14)11-3-2-6-21-11/h2-7H,1H3,(H2,16,17,19,20). The SMILES string of the molecule is Cc1cc(Nc2nnc(-c3cccs3)c(=O)[nH]2)ccc1Br. The van der Waals surface area contributed by atoms with Crippen molar-refractivity contribution < 1.29 is 0 Å². The normalized spacial score (nSPS) is 10.6. The molecule has 3 rings (SSSR count). The van der Waals surface area contributed by atoms with E-state index in [-0.39, 0.29) is 5.56 Å². The molecule has 0 saturated heterocycles. The number of anilines is 2. The molecule has 106 valence electrons. The molecule has 7 heteroatoms. The third-order valence-corrected chi connectivity index (χ3v) is 4.64. The Labute approximate surface area is 133 Å². The number of hydrogen-bond acceptors (Lipinski definition) is 5. The summed E-state index contributed by atoms with van der Waals surface area (Å²) in [4.78, 5) is 15.6. The van der Waals surface area contributed by atoms with E-state index in [1.54, 1.807) is 0 Å². The minimum absolute atomic E-state index is 0.260. The quantitative estimate of drug-likeness (QED) is 0.744. The Hall–Kier alpha value is -1.99. The average Bonchev–Trinajstić information content (AvgIpc) is 2.97. The zero-order valence-electron chi connectivity index (χ0n) is 11.1. The molecule has 21 heavy (non-hydrogen) atoms. The summed E-state index contributed by atoms with van der Waals surface area (Å²) < 4.78 is 1.03. The van der Waals surface area contributed by atoms with Crippen molar-refractivity contribution >= 4 is 38.9 Å². The first-order valence-corrected chi connectivity index (χ1v) is 7.85. The smallest absolute Gasteiger partial charge is 0.280 e. The topological polar surface area (TPSA) is 70.7 Å². The number of nitrogens with zero attached hydrogens (tertiary/aromatic N) is 2. The van der Waals surface area contributed by atoms with Crippen LogP contribution in [0.3, 0.4) is 0 Å².